The van der Waals surface area contributed by atoms with E-state index in [9.17, 15) is 14.7 Å². The average molecular weight is 356 g/mol. The summed E-state index contributed by atoms with van der Waals surface area (Å²) in [7, 11) is 0. The van der Waals surface area contributed by atoms with E-state index in [0.29, 0.717) is 18.9 Å². The first-order chi connectivity index (χ1) is 12.3. The Morgan fingerprint density at radius 3 is 2.54 bits per heavy atom. The zero-order valence-corrected chi connectivity index (χ0v) is 15.3. The van der Waals surface area contributed by atoms with Gasteiger partial charge >= 0.3 is 5.97 Å². The quantitative estimate of drug-likeness (QED) is 0.856. The van der Waals surface area contributed by atoms with Crippen molar-refractivity contribution in [3.05, 3.63) is 41.6 Å². The number of rotatable bonds is 5. The molecule has 0 unspecified atom stereocenters. The SMILES string of the molecule is Cc1ccc(-n2nc(C)cc2NC(=O)CN2C[C@@H](C)[C@H](C(=O)O)C2)cc1. The zero-order valence-electron chi connectivity index (χ0n) is 15.3. The molecule has 0 saturated carbocycles. The molecule has 1 saturated heterocycles. The lowest BCUT2D eigenvalue weighted by Crippen LogP contribution is -2.32. The van der Waals surface area contributed by atoms with Crippen molar-refractivity contribution in [1.29, 1.82) is 0 Å². The van der Waals surface area contributed by atoms with Crippen LogP contribution in [0.2, 0.25) is 0 Å². The fourth-order valence-electron chi connectivity index (χ4n) is 3.37. The van der Waals surface area contributed by atoms with Gasteiger partial charge in [0.05, 0.1) is 23.8 Å². The van der Waals surface area contributed by atoms with Crippen LogP contribution in [0.1, 0.15) is 18.2 Å². The molecule has 1 fully saturated rings. The van der Waals surface area contributed by atoms with E-state index in [2.05, 4.69) is 10.4 Å². The van der Waals surface area contributed by atoms with E-state index < -0.39 is 11.9 Å². The number of carbonyl (C=O) groups is 2. The van der Waals surface area contributed by atoms with Crippen LogP contribution in [0.4, 0.5) is 5.82 Å². The highest BCUT2D eigenvalue weighted by molar-refractivity contribution is 5.92. The van der Waals surface area contributed by atoms with E-state index in [1.807, 2.05) is 56.0 Å². The standard InChI is InChI=1S/C19H24N4O3/c1-12-4-6-15(7-5-12)23-17(8-14(3)21-23)20-18(24)11-22-9-13(2)16(10-22)19(25)26/h4-8,13,16H,9-11H2,1-3H3,(H,20,24)(H,25,26)/t13-,16-/m1/s1. The van der Waals surface area contributed by atoms with E-state index in [-0.39, 0.29) is 18.4 Å². The highest BCUT2D eigenvalue weighted by Crippen LogP contribution is 2.23. The summed E-state index contributed by atoms with van der Waals surface area (Å²) in [5, 5.41) is 16.6. The number of aromatic nitrogens is 2. The van der Waals surface area contributed by atoms with Gasteiger partial charge in [-0.15, -0.1) is 0 Å². The number of carboxylic acid groups (broad SMARTS) is 1. The molecule has 1 aliphatic rings. The van der Waals surface area contributed by atoms with Crippen LogP contribution in [0, 0.1) is 25.7 Å². The van der Waals surface area contributed by atoms with Crippen LogP contribution in [0.15, 0.2) is 30.3 Å². The first-order valence-corrected chi connectivity index (χ1v) is 8.72. The molecule has 1 aromatic carbocycles. The van der Waals surface area contributed by atoms with Crippen molar-refractivity contribution in [3.63, 3.8) is 0 Å². The number of amides is 1. The van der Waals surface area contributed by atoms with Crippen LogP contribution in [0.25, 0.3) is 5.69 Å². The van der Waals surface area contributed by atoms with Crippen molar-refractivity contribution in [2.75, 3.05) is 25.0 Å². The third-order valence-corrected chi connectivity index (χ3v) is 4.75. The van der Waals surface area contributed by atoms with Gasteiger partial charge in [-0.2, -0.15) is 5.10 Å². The Morgan fingerprint density at radius 1 is 1.23 bits per heavy atom. The maximum Gasteiger partial charge on any atom is 0.308 e. The van der Waals surface area contributed by atoms with Gasteiger partial charge < -0.3 is 10.4 Å². The highest BCUT2D eigenvalue weighted by atomic mass is 16.4. The van der Waals surface area contributed by atoms with Crippen LogP contribution in [-0.2, 0) is 9.59 Å². The lowest BCUT2D eigenvalue weighted by molar-refractivity contribution is -0.142. The third-order valence-electron chi connectivity index (χ3n) is 4.75. The number of hydrogen-bond donors (Lipinski definition) is 2. The summed E-state index contributed by atoms with van der Waals surface area (Å²) in [5.41, 5.74) is 2.83. The fourth-order valence-corrected chi connectivity index (χ4v) is 3.37. The molecule has 0 radical (unpaired) electrons. The molecule has 1 aromatic heterocycles. The van der Waals surface area contributed by atoms with Gasteiger partial charge in [0.1, 0.15) is 5.82 Å². The summed E-state index contributed by atoms with van der Waals surface area (Å²) in [6.45, 7) is 6.99. The number of anilines is 1. The molecule has 2 N–H and O–H groups in total. The molecule has 1 aliphatic heterocycles. The van der Waals surface area contributed by atoms with E-state index in [4.69, 9.17) is 0 Å². The van der Waals surface area contributed by atoms with Gasteiger partial charge in [-0.05, 0) is 31.9 Å². The Morgan fingerprint density at radius 2 is 1.92 bits per heavy atom. The second-order valence-electron chi connectivity index (χ2n) is 7.08. The highest BCUT2D eigenvalue weighted by Gasteiger charge is 2.35. The molecule has 2 aromatic rings. The number of likely N-dealkylation sites (tertiary alicyclic amines) is 1. The van der Waals surface area contributed by atoms with Crippen molar-refractivity contribution in [2.24, 2.45) is 11.8 Å². The number of benzene rings is 1. The lowest BCUT2D eigenvalue weighted by Gasteiger charge is -2.15. The molecular weight excluding hydrogens is 332 g/mol. The van der Waals surface area contributed by atoms with Gasteiger partial charge in [0.15, 0.2) is 0 Å². The Balaban J connectivity index is 1.69. The van der Waals surface area contributed by atoms with Gasteiger partial charge in [-0.1, -0.05) is 24.6 Å². The molecule has 0 aliphatic carbocycles. The van der Waals surface area contributed by atoms with Crippen LogP contribution in [0.3, 0.4) is 0 Å². The number of hydrogen-bond acceptors (Lipinski definition) is 4. The predicted molar refractivity (Wildman–Crippen MR) is 98.4 cm³/mol. The molecule has 0 bridgehead atoms. The van der Waals surface area contributed by atoms with Gasteiger partial charge in [0, 0.05) is 19.2 Å². The second kappa shape index (κ2) is 7.29. The number of carboxylic acids is 1. The van der Waals surface area contributed by atoms with Gasteiger partial charge in [-0.3, -0.25) is 14.5 Å². The Hall–Kier alpha value is -2.67. The third kappa shape index (κ3) is 3.94. The first kappa shape index (κ1) is 18.1. The number of carbonyl (C=O) groups excluding carboxylic acids is 1. The first-order valence-electron chi connectivity index (χ1n) is 8.72. The molecule has 7 heteroatoms. The molecule has 7 nitrogen and oxygen atoms in total. The Bertz CT molecular complexity index is 813. The monoisotopic (exact) mass is 356 g/mol. The summed E-state index contributed by atoms with van der Waals surface area (Å²) in [5.74, 6) is -0.730. The molecular formula is C19H24N4O3. The topological polar surface area (TPSA) is 87.5 Å². The van der Waals surface area contributed by atoms with Crippen LogP contribution >= 0.6 is 0 Å². The van der Waals surface area contributed by atoms with Gasteiger partial charge in [0.25, 0.3) is 0 Å². The minimum absolute atomic E-state index is 0.0423. The van der Waals surface area contributed by atoms with Crippen molar-refractivity contribution in [2.45, 2.75) is 20.8 Å². The van der Waals surface area contributed by atoms with E-state index in [1.165, 1.54) is 0 Å². The molecule has 3 rings (SSSR count). The van der Waals surface area contributed by atoms with Crippen LogP contribution in [-0.4, -0.2) is 51.3 Å². The summed E-state index contributed by atoms with van der Waals surface area (Å²) < 4.78 is 1.71. The van der Waals surface area contributed by atoms with Gasteiger partial charge in [-0.25, -0.2) is 4.68 Å². The van der Waals surface area contributed by atoms with Crippen molar-refractivity contribution >= 4 is 17.7 Å². The second-order valence-corrected chi connectivity index (χ2v) is 7.08. The number of nitrogens with zero attached hydrogens (tertiary/aromatic N) is 3. The maximum absolute atomic E-state index is 12.5. The van der Waals surface area contributed by atoms with Crippen molar-refractivity contribution in [1.82, 2.24) is 14.7 Å². The van der Waals surface area contributed by atoms with Crippen molar-refractivity contribution in [3.8, 4) is 5.69 Å². The van der Waals surface area contributed by atoms with Crippen LogP contribution in [0.5, 0.6) is 0 Å². The molecule has 1 amide bonds. The summed E-state index contributed by atoms with van der Waals surface area (Å²) in [4.78, 5) is 25.6. The molecule has 138 valence electrons. The van der Waals surface area contributed by atoms with Gasteiger partial charge in [0.2, 0.25) is 5.91 Å². The molecule has 0 spiro atoms. The zero-order chi connectivity index (χ0) is 18.8. The largest absolute Gasteiger partial charge is 0.481 e. The number of aliphatic carboxylic acids is 1. The molecule has 2 heterocycles. The summed E-state index contributed by atoms with van der Waals surface area (Å²) >= 11 is 0. The summed E-state index contributed by atoms with van der Waals surface area (Å²) in [6.07, 6.45) is 0. The fraction of sp³-hybridized carbons (Fsp3) is 0.421. The minimum Gasteiger partial charge on any atom is -0.481 e. The van der Waals surface area contributed by atoms with E-state index >= 15 is 0 Å². The number of nitrogens with one attached hydrogen (secondary N) is 1. The molecule has 2 atom stereocenters. The normalized spacial score (nSPS) is 20.3. The van der Waals surface area contributed by atoms with Crippen LogP contribution < -0.4 is 5.32 Å². The Labute approximate surface area is 152 Å². The molecule has 26 heavy (non-hydrogen) atoms. The van der Waals surface area contributed by atoms with Crippen molar-refractivity contribution < 1.29 is 14.7 Å². The lowest BCUT2D eigenvalue weighted by atomic mass is 9.99. The average Bonchev–Trinajstić information content (AvgIpc) is 3.10. The minimum atomic E-state index is -0.798. The predicted octanol–water partition coefficient (Wildman–Crippen LogP) is 2.08. The number of aryl methyl sites for hydroxylation is 2. The summed E-state index contributed by atoms with van der Waals surface area (Å²) in [6, 6.07) is 9.73. The maximum atomic E-state index is 12.5. The Kier molecular flexibility index (Phi) is 5.08. The smallest absolute Gasteiger partial charge is 0.308 e. The van der Waals surface area contributed by atoms with E-state index in [1.54, 1.807) is 4.68 Å². The van der Waals surface area contributed by atoms with E-state index in [0.717, 1.165) is 16.9 Å².